The van der Waals surface area contributed by atoms with Crippen molar-refractivity contribution in [2.24, 2.45) is 0 Å². The average Bonchev–Trinajstić information content (AvgIpc) is 2.68. The lowest BCUT2D eigenvalue weighted by atomic mass is 9.96. The summed E-state index contributed by atoms with van der Waals surface area (Å²) in [5.74, 6) is 0.790. The maximum atomic E-state index is 4.36. The van der Waals surface area contributed by atoms with Crippen molar-refractivity contribution >= 4 is 0 Å². The topological polar surface area (TPSA) is 55.6 Å². The first-order chi connectivity index (χ1) is 6.90. The molecule has 1 aliphatic carbocycles. The second-order valence-electron chi connectivity index (χ2n) is 3.85. The quantitative estimate of drug-likeness (QED) is 0.778. The van der Waals surface area contributed by atoms with Gasteiger partial charge in [0.2, 0.25) is 0 Å². The van der Waals surface area contributed by atoms with Crippen LogP contribution in [0.1, 0.15) is 44.0 Å². The minimum Gasteiger partial charge on any atom is -0.313 e. The maximum Gasteiger partial charge on any atom is 0.188 e. The monoisotopic (exact) mass is 195 g/mol. The highest BCUT2D eigenvalue weighted by Gasteiger charge is 2.17. The molecule has 5 heteroatoms. The van der Waals surface area contributed by atoms with Crippen LogP contribution in [0.5, 0.6) is 0 Å². The van der Waals surface area contributed by atoms with Crippen molar-refractivity contribution in [3.63, 3.8) is 0 Å². The van der Waals surface area contributed by atoms with Gasteiger partial charge in [0.05, 0.1) is 12.6 Å². The average molecular weight is 195 g/mol. The third-order valence-corrected chi connectivity index (χ3v) is 2.71. The number of nitrogens with zero attached hydrogens (tertiary/aromatic N) is 4. The first kappa shape index (κ1) is 9.58. The molecular formula is C9H17N5. The largest absolute Gasteiger partial charge is 0.313 e. The molecule has 1 aromatic rings. The Morgan fingerprint density at radius 3 is 2.86 bits per heavy atom. The van der Waals surface area contributed by atoms with E-state index in [9.17, 15) is 0 Å². The first-order valence-electron chi connectivity index (χ1n) is 5.33. The van der Waals surface area contributed by atoms with Crippen LogP contribution in [0.15, 0.2) is 0 Å². The fraction of sp³-hybridized carbons (Fsp3) is 0.889. The standard InChI is InChI=1S/C9H17N5/c1-10-7-9-11-13-14(12-9)8-5-3-2-4-6-8/h8,10H,2-7H2,1H3. The Morgan fingerprint density at radius 2 is 2.14 bits per heavy atom. The summed E-state index contributed by atoms with van der Waals surface area (Å²) in [7, 11) is 1.89. The Balaban J connectivity index is 2.00. The molecule has 0 radical (unpaired) electrons. The summed E-state index contributed by atoms with van der Waals surface area (Å²) in [5.41, 5.74) is 0. The van der Waals surface area contributed by atoms with Gasteiger partial charge in [-0.2, -0.15) is 4.80 Å². The van der Waals surface area contributed by atoms with Gasteiger partial charge in [0, 0.05) is 0 Å². The van der Waals surface area contributed by atoms with Crippen LogP contribution in [0, 0.1) is 0 Å². The lowest BCUT2D eigenvalue weighted by Crippen LogP contribution is -2.16. The highest BCUT2D eigenvalue weighted by Crippen LogP contribution is 2.26. The van der Waals surface area contributed by atoms with Crippen molar-refractivity contribution < 1.29 is 0 Å². The van der Waals surface area contributed by atoms with E-state index >= 15 is 0 Å². The highest BCUT2D eigenvalue weighted by atomic mass is 15.6. The van der Waals surface area contributed by atoms with E-state index in [1.807, 2.05) is 7.05 Å². The summed E-state index contributed by atoms with van der Waals surface area (Å²) in [4.78, 5) is 1.80. The maximum absolute atomic E-state index is 4.36. The van der Waals surface area contributed by atoms with Crippen LogP contribution in [-0.4, -0.2) is 27.3 Å². The molecule has 14 heavy (non-hydrogen) atoms. The van der Waals surface area contributed by atoms with Crippen LogP contribution in [0.3, 0.4) is 0 Å². The van der Waals surface area contributed by atoms with Crippen LogP contribution in [-0.2, 0) is 6.54 Å². The molecule has 1 N–H and O–H groups in total. The Labute approximate surface area is 83.9 Å². The third-order valence-electron chi connectivity index (χ3n) is 2.71. The molecule has 0 spiro atoms. The molecule has 1 heterocycles. The van der Waals surface area contributed by atoms with E-state index in [1.165, 1.54) is 32.1 Å². The van der Waals surface area contributed by atoms with Crippen LogP contribution in [0.25, 0.3) is 0 Å². The van der Waals surface area contributed by atoms with Crippen molar-refractivity contribution in [3.8, 4) is 0 Å². The van der Waals surface area contributed by atoms with Gasteiger partial charge in [0.25, 0.3) is 0 Å². The minimum absolute atomic E-state index is 0.488. The summed E-state index contributed by atoms with van der Waals surface area (Å²) >= 11 is 0. The van der Waals surface area contributed by atoms with Crippen molar-refractivity contribution in [2.75, 3.05) is 7.05 Å². The first-order valence-corrected chi connectivity index (χ1v) is 5.33. The molecular weight excluding hydrogens is 178 g/mol. The normalized spacial score (nSPS) is 18.6. The summed E-state index contributed by atoms with van der Waals surface area (Å²) in [6.45, 7) is 0.701. The second kappa shape index (κ2) is 4.50. The lowest BCUT2D eigenvalue weighted by molar-refractivity contribution is 0.296. The zero-order valence-corrected chi connectivity index (χ0v) is 8.61. The molecule has 0 bridgehead atoms. The van der Waals surface area contributed by atoms with Crippen LogP contribution in [0.4, 0.5) is 0 Å². The van der Waals surface area contributed by atoms with E-state index in [2.05, 4.69) is 20.7 Å². The van der Waals surface area contributed by atoms with Crippen LogP contribution in [0.2, 0.25) is 0 Å². The molecule has 0 unspecified atom stereocenters. The molecule has 1 fully saturated rings. The molecule has 0 saturated heterocycles. The number of nitrogens with one attached hydrogen (secondary N) is 1. The van der Waals surface area contributed by atoms with Gasteiger partial charge >= 0.3 is 0 Å². The molecule has 0 aliphatic heterocycles. The highest BCUT2D eigenvalue weighted by molar-refractivity contribution is 4.77. The number of rotatable bonds is 3. The summed E-state index contributed by atoms with van der Waals surface area (Å²) < 4.78 is 0. The van der Waals surface area contributed by atoms with Crippen molar-refractivity contribution in [1.82, 2.24) is 25.5 Å². The Hall–Kier alpha value is -0.970. The summed E-state index contributed by atoms with van der Waals surface area (Å²) in [6.07, 6.45) is 6.36. The van der Waals surface area contributed by atoms with Gasteiger partial charge in [-0.05, 0) is 25.1 Å². The zero-order chi connectivity index (χ0) is 9.80. The van der Waals surface area contributed by atoms with Gasteiger partial charge in [-0.3, -0.25) is 0 Å². The van der Waals surface area contributed by atoms with Gasteiger partial charge < -0.3 is 5.32 Å². The van der Waals surface area contributed by atoms with E-state index in [4.69, 9.17) is 0 Å². The van der Waals surface area contributed by atoms with Gasteiger partial charge in [-0.1, -0.05) is 19.3 Å². The Morgan fingerprint density at radius 1 is 1.36 bits per heavy atom. The van der Waals surface area contributed by atoms with Gasteiger partial charge in [-0.25, -0.2) is 0 Å². The molecule has 2 rings (SSSR count). The fourth-order valence-electron chi connectivity index (χ4n) is 1.95. The zero-order valence-electron chi connectivity index (χ0n) is 8.61. The Bertz CT molecular complexity index is 276. The number of hydrogen-bond donors (Lipinski definition) is 1. The van der Waals surface area contributed by atoms with Crippen molar-refractivity contribution in [2.45, 2.75) is 44.7 Å². The van der Waals surface area contributed by atoms with E-state index in [0.29, 0.717) is 12.6 Å². The van der Waals surface area contributed by atoms with E-state index < -0.39 is 0 Å². The predicted octanol–water partition coefficient (Wildman–Crippen LogP) is 0.898. The SMILES string of the molecule is CNCc1nnn(C2CCCCC2)n1. The number of hydrogen-bond acceptors (Lipinski definition) is 4. The summed E-state index contributed by atoms with van der Waals surface area (Å²) in [5, 5.41) is 15.5. The second-order valence-corrected chi connectivity index (χ2v) is 3.85. The molecule has 1 aromatic heterocycles. The molecule has 1 aliphatic rings. The predicted molar refractivity (Wildman–Crippen MR) is 52.7 cm³/mol. The van der Waals surface area contributed by atoms with Crippen molar-refractivity contribution in [3.05, 3.63) is 5.82 Å². The molecule has 1 saturated carbocycles. The third kappa shape index (κ3) is 2.09. The van der Waals surface area contributed by atoms with Crippen molar-refractivity contribution in [1.29, 1.82) is 0 Å². The molecule has 78 valence electrons. The van der Waals surface area contributed by atoms with E-state index in [0.717, 1.165) is 5.82 Å². The Kier molecular flexibility index (Phi) is 3.08. The molecule has 0 atom stereocenters. The summed E-state index contributed by atoms with van der Waals surface area (Å²) in [6, 6.07) is 0.488. The molecule has 0 aromatic carbocycles. The number of aromatic nitrogens is 4. The van der Waals surface area contributed by atoms with E-state index in [1.54, 1.807) is 4.80 Å². The smallest absolute Gasteiger partial charge is 0.188 e. The van der Waals surface area contributed by atoms with E-state index in [-0.39, 0.29) is 0 Å². The van der Waals surface area contributed by atoms with Crippen LogP contribution >= 0.6 is 0 Å². The minimum atomic E-state index is 0.488. The van der Waals surface area contributed by atoms with Gasteiger partial charge in [-0.15, -0.1) is 10.2 Å². The number of tetrazole rings is 1. The van der Waals surface area contributed by atoms with Gasteiger partial charge in [0.1, 0.15) is 0 Å². The fourth-order valence-corrected chi connectivity index (χ4v) is 1.95. The molecule has 5 nitrogen and oxygen atoms in total. The van der Waals surface area contributed by atoms with Crippen LogP contribution < -0.4 is 5.32 Å². The molecule has 0 amide bonds. The van der Waals surface area contributed by atoms with Gasteiger partial charge in [0.15, 0.2) is 5.82 Å². The lowest BCUT2D eigenvalue weighted by Gasteiger charge is -2.19.